The van der Waals surface area contributed by atoms with E-state index in [1.807, 2.05) is 44.2 Å². The summed E-state index contributed by atoms with van der Waals surface area (Å²) in [7, 11) is 0. The first-order chi connectivity index (χ1) is 15.8. The van der Waals surface area contributed by atoms with Crippen LogP contribution >= 0.6 is 0 Å². The van der Waals surface area contributed by atoms with E-state index in [1.54, 1.807) is 12.1 Å². The smallest absolute Gasteiger partial charge is 0.335 e. The molecule has 1 heterocycles. The molecule has 1 fully saturated rings. The van der Waals surface area contributed by atoms with Gasteiger partial charge in [0, 0.05) is 11.7 Å². The van der Waals surface area contributed by atoms with Gasteiger partial charge in [0.25, 0.3) is 0 Å². The lowest BCUT2D eigenvalue weighted by Crippen LogP contribution is -2.19. The molecule has 3 aromatic rings. The monoisotopic (exact) mass is 451 g/mol. The Morgan fingerprint density at radius 3 is 2.48 bits per heavy atom. The van der Waals surface area contributed by atoms with Gasteiger partial charge in [-0.25, -0.2) is 9.78 Å². The summed E-state index contributed by atoms with van der Waals surface area (Å²) in [5.41, 5.74) is 2.85. The number of carboxylic acid groups (broad SMARTS) is 1. The van der Waals surface area contributed by atoms with Crippen LogP contribution in [0.4, 0.5) is 11.6 Å². The van der Waals surface area contributed by atoms with Gasteiger partial charge in [0.1, 0.15) is 5.75 Å². The van der Waals surface area contributed by atoms with E-state index in [0.717, 1.165) is 35.7 Å². The predicted molar refractivity (Wildman–Crippen MR) is 135 cm³/mol. The first-order valence-electron chi connectivity index (χ1n) is 12.1. The lowest BCUT2D eigenvalue weighted by molar-refractivity contribution is 0.0697. The Morgan fingerprint density at radius 1 is 1.18 bits per heavy atom. The second kappa shape index (κ2) is 11.2. The molecule has 6 heteroatoms. The zero-order chi connectivity index (χ0) is 24.0. The van der Waals surface area contributed by atoms with Crippen LogP contribution in [-0.2, 0) is 0 Å². The number of hydrogen-bond acceptors (Lipinski definition) is 4. The van der Waals surface area contributed by atoms with E-state index >= 15 is 0 Å². The molecule has 1 aliphatic carbocycles. The number of benzene rings is 2. The molecule has 1 saturated carbocycles. The Hall–Kier alpha value is -3.02. The highest BCUT2D eigenvalue weighted by atomic mass is 16.5. The molecular weight excluding hydrogens is 414 g/mol. The van der Waals surface area contributed by atoms with Gasteiger partial charge in [-0.15, -0.1) is 0 Å². The van der Waals surface area contributed by atoms with E-state index in [0.29, 0.717) is 17.5 Å². The highest BCUT2D eigenvalue weighted by Crippen LogP contribution is 2.37. The largest absolute Gasteiger partial charge is 0.491 e. The number of nitrogens with zero attached hydrogens (tertiary/aromatic N) is 2. The van der Waals surface area contributed by atoms with Crippen LogP contribution in [0.1, 0.15) is 83.1 Å². The molecular formula is C27H37N3O3. The topological polar surface area (TPSA) is 76.4 Å². The normalized spacial score (nSPS) is 18.0. The van der Waals surface area contributed by atoms with Crippen molar-refractivity contribution in [3.8, 4) is 5.75 Å². The first kappa shape index (κ1) is 24.6. The van der Waals surface area contributed by atoms with Crippen LogP contribution in [0.5, 0.6) is 5.75 Å². The van der Waals surface area contributed by atoms with Gasteiger partial charge in [0.15, 0.2) is 0 Å². The molecule has 2 unspecified atom stereocenters. The second-order valence-corrected chi connectivity index (χ2v) is 9.26. The molecule has 0 aliphatic heterocycles. The number of nitrogens with one attached hydrogen (secondary N) is 1. The lowest BCUT2D eigenvalue weighted by atomic mass is 9.87. The van der Waals surface area contributed by atoms with E-state index in [9.17, 15) is 9.90 Å². The zero-order valence-electron chi connectivity index (χ0n) is 20.5. The van der Waals surface area contributed by atoms with Gasteiger partial charge < -0.3 is 19.7 Å². The Kier molecular flexibility index (Phi) is 8.37. The molecule has 0 bridgehead atoms. The van der Waals surface area contributed by atoms with Crippen LogP contribution in [0, 0.1) is 5.92 Å². The van der Waals surface area contributed by atoms with Gasteiger partial charge in [0.05, 0.1) is 22.7 Å². The predicted octanol–water partition coefficient (Wildman–Crippen LogP) is 7.43. The van der Waals surface area contributed by atoms with Crippen molar-refractivity contribution in [2.45, 2.75) is 78.9 Å². The summed E-state index contributed by atoms with van der Waals surface area (Å²) in [6.07, 6.45) is 6.03. The number of fused-ring (bicyclic) bond motifs is 1. The maximum atomic E-state index is 11.4. The molecule has 1 aromatic heterocycles. The fraction of sp³-hybridized carbons (Fsp3) is 0.481. The van der Waals surface area contributed by atoms with Gasteiger partial charge >= 0.3 is 5.97 Å². The third-order valence-electron chi connectivity index (χ3n) is 5.69. The van der Waals surface area contributed by atoms with Crippen molar-refractivity contribution < 1.29 is 14.6 Å². The standard InChI is InChI=1S/C24H29N3O3.C3H8/c1-15(2)30-20-10-8-18(9-11-20)25-24-26-21-14-17(23(28)29)7-12-22(21)27(24)19-6-4-5-16(3)13-19;1-3-2/h7-12,14-16,19H,4-6,13H2,1-3H3,(H,25,26)(H,28,29);3H2,1-2H3. The van der Waals surface area contributed by atoms with Crippen LogP contribution in [0.15, 0.2) is 42.5 Å². The van der Waals surface area contributed by atoms with E-state index in [1.165, 1.54) is 19.3 Å². The lowest BCUT2D eigenvalue weighted by Gasteiger charge is -2.29. The van der Waals surface area contributed by atoms with E-state index in [-0.39, 0.29) is 11.7 Å². The molecule has 33 heavy (non-hydrogen) atoms. The number of anilines is 2. The molecule has 0 saturated heterocycles. The Labute approximate surface area is 197 Å². The Bertz CT molecular complexity index is 1060. The second-order valence-electron chi connectivity index (χ2n) is 9.26. The Morgan fingerprint density at radius 2 is 1.88 bits per heavy atom. The van der Waals surface area contributed by atoms with Crippen molar-refractivity contribution in [1.29, 1.82) is 0 Å². The average molecular weight is 452 g/mol. The van der Waals surface area contributed by atoms with Crippen LogP contribution < -0.4 is 10.1 Å². The van der Waals surface area contributed by atoms with Crippen molar-refractivity contribution in [1.82, 2.24) is 9.55 Å². The van der Waals surface area contributed by atoms with Gasteiger partial charge in [-0.1, -0.05) is 40.0 Å². The number of ether oxygens (including phenoxy) is 1. The molecule has 6 nitrogen and oxygen atoms in total. The van der Waals surface area contributed by atoms with Crippen LogP contribution in [0.2, 0.25) is 0 Å². The molecule has 0 amide bonds. The first-order valence-corrected chi connectivity index (χ1v) is 12.1. The Balaban J connectivity index is 0.000000968. The summed E-state index contributed by atoms with van der Waals surface area (Å²) < 4.78 is 7.99. The molecule has 178 valence electrons. The maximum Gasteiger partial charge on any atom is 0.335 e. The minimum atomic E-state index is -0.937. The third kappa shape index (κ3) is 6.28. The number of carbonyl (C=O) groups is 1. The van der Waals surface area contributed by atoms with Crippen molar-refractivity contribution in [3.05, 3.63) is 48.0 Å². The fourth-order valence-electron chi connectivity index (χ4n) is 4.34. The van der Waals surface area contributed by atoms with Crippen molar-refractivity contribution in [2.75, 3.05) is 5.32 Å². The summed E-state index contributed by atoms with van der Waals surface area (Å²) in [6.45, 7) is 10.6. The maximum absolute atomic E-state index is 11.4. The SMILES string of the molecule is CC1CCCC(n2c(Nc3ccc(OC(C)C)cc3)nc3cc(C(=O)O)ccc32)C1.CCC. The average Bonchev–Trinajstić information content (AvgIpc) is 3.12. The minimum Gasteiger partial charge on any atom is -0.491 e. The number of imidazole rings is 1. The van der Waals surface area contributed by atoms with Crippen LogP contribution in [0.3, 0.4) is 0 Å². The van der Waals surface area contributed by atoms with Gasteiger partial charge in [-0.3, -0.25) is 0 Å². The van der Waals surface area contributed by atoms with Crippen LogP contribution in [0.25, 0.3) is 11.0 Å². The van der Waals surface area contributed by atoms with Crippen LogP contribution in [-0.4, -0.2) is 26.7 Å². The highest BCUT2D eigenvalue weighted by molar-refractivity contribution is 5.93. The minimum absolute atomic E-state index is 0.129. The number of aromatic carboxylic acids is 1. The molecule has 2 atom stereocenters. The van der Waals surface area contributed by atoms with E-state index in [4.69, 9.17) is 9.72 Å². The molecule has 2 aromatic carbocycles. The zero-order valence-corrected chi connectivity index (χ0v) is 20.5. The third-order valence-corrected chi connectivity index (χ3v) is 5.69. The summed E-state index contributed by atoms with van der Waals surface area (Å²) >= 11 is 0. The fourth-order valence-corrected chi connectivity index (χ4v) is 4.34. The molecule has 1 aliphatic rings. The molecule has 0 spiro atoms. The van der Waals surface area contributed by atoms with Gasteiger partial charge in [-0.05, 0) is 75.1 Å². The van der Waals surface area contributed by atoms with Crippen molar-refractivity contribution in [2.24, 2.45) is 5.92 Å². The summed E-state index contributed by atoms with van der Waals surface area (Å²) in [5.74, 6) is 1.31. The number of rotatable bonds is 6. The quantitative estimate of drug-likeness (QED) is 0.407. The number of hydrogen-bond donors (Lipinski definition) is 2. The summed E-state index contributed by atoms with van der Waals surface area (Å²) in [4.78, 5) is 16.2. The van der Waals surface area contributed by atoms with E-state index in [2.05, 4.69) is 30.7 Å². The van der Waals surface area contributed by atoms with Crippen molar-refractivity contribution >= 4 is 28.6 Å². The van der Waals surface area contributed by atoms with E-state index < -0.39 is 5.97 Å². The summed E-state index contributed by atoms with van der Waals surface area (Å²) in [6, 6.07) is 13.4. The molecule has 4 rings (SSSR count). The van der Waals surface area contributed by atoms with Gasteiger partial charge in [-0.2, -0.15) is 0 Å². The number of carboxylic acids is 1. The highest BCUT2D eigenvalue weighted by Gasteiger charge is 2.25. The summed E-state index contributed by atoms with van der Waals surface area (Å²) in [5, 5.41) is 12.8. The van der Waals surface area contributed by atoms with Crippen molar-refractivity contribution in [3.63, 3.8) is 0 Å². The molecule has 0 radical (unpaired) electrons. The molecule has 2 N–H and O–H groups in total. The number of aromatic nitrogens is 2. The van der Waals surface area contributed by atoms with Gasteiger partial charge in [0.2, 0.25) is 5.95 Å².